The van der Waals surface area contributed by atoms with E-state index in [2.05, 4.69) is 21.2 Å². The van der Waals surface area contributed by atoms with Gasteiger partial charge in [0.05, 0.1) is 5.69 Å². The summed E-state index contributed by atoms with van der Waals surface area (Å²) in [6, 6.07) is 12.8. The van der Waals surface area contributed by atoms with Gasteiger partial charge < -0.3 is 5.32 Å². The Balaban J connectivity index is 2.01. The van der Waals surface area contributed by atoms with Crippen molar-refractivity contribution in [1.29, 1.82) is 0 Å². The maximum atomic E-state index is 13.7. The van der Waals surface area contributed by atoms with Crippen LogP contribution in [-0.4, -0.2) is 6.04 Å². The lowest BCUT2D eigenvalue weighted by atomic mass is 10.1. The number of anilines is 1. The molecule has 0 amide bonds. The van der Waals surface area contributed by atoms with Crippen LogP contribution in [0.2, 0.25) is 5.02 Å². The third-order valence-electron chi connectivity index (χ3n) is 2.79. The molecule has 0 saturated carbocycles. The van der Waals surface area contributed by atoms with Gasteiger partial charge in [-0.2, -0.15) is 0 Å². The highest BCUT2D eigenvalue weighted by molar-refractivity contribution is 9.10. The Morgan fingerprint density at radius 1 is 1.21 bits per heavy atom. The summed E-state index contributed by atoms with van der Waals surface area (Å²) in [5.74, 6) is -0.252. The van der Waals surface area contributed by atoms with Gasteiger partial charge >= 0.3 is 0 Å². The van der Waals surface area contributed by atoms with Gasteiger partial charge in [-0.25, -0.2) is 4.39 Å². The van der Waals surface area contributed by atoms with E-state index in [1.54, 1.807) is 6.07 Å². The molecule has 2 aromatic carbocycles. The van der Waals surface area contributed by atoms with Crippen molar-refractivity contribution in [3.05, 3.63) is 63.3 Å². The van der Waals surface area contributed by atoms with Gasteiger partial charge in [0.15, 0.2) is 0 Å². The molecule has 1 unspecified atom stereocenters. The van der Waals surface area contributed by atoms with Gasteiger partial charge in [0.2, 0.25) is 0 Å². The highest BCUT2D eigenvalue weighted by Crippen LogP contribution is 2.21. The molecule has 100 valence electrons. The van der Waals surface area contributed by atoms with Crippen LogP contribution in [0.3, 0.4) is 0 Å². The maximum Gasteiger partial charge on any atom is 0.147 e. The standard InChI is InChI=1S/C15H14BrClFN/c1-10(8-11-2-5-13(17)6-3-11)19-15-7-4-12(16)9-14(15)18/h2-7,9-10,19H,8H2,1H3. The smallest absolute Gasteiger partial charge is 0.147 e. The first-order valence-corrected chi connectivity index (χ1v) is 7.18. The van der Waals surface area contributed by atoms with Crippen LogP contribution in [-0.2, 0) is 6.42 Å². The van der Waals surface area contributed by atoms with Crippen LogP contribution in [0, 0.1) is 5.82 Å². The number of halogens is 3. The Morgan fingerprint density at radius 2 is 1.89 bits per heavy atom. The second-order valence-corrected chi connectivity index (χ2v) is 5.85. The van der Waals surface area contributed by atoms with E-state index in [-0.39, 0.29) is 11.9 Å². The van der Waals surface area contributed by atoms with E-state index >= 15 is 0 Å². The number of hydrogen-bond donors (Lipinski definition) is 1. The Kier molecular flexibility index (Phi) is 4.83. The average molecular weight is 343 g/mol. The first-order chi connectivity index (χ1) is 9.04. The van der Waals surface area contributed by atoms with Crippen LogP contribution < -0.4 is 5.32 Å². The van der Waals surface area contributed by atoms with Crippen molar-refractivity contribution in [2.24, 2.45) is 0 Å². The quantitative estimate of drug-likeness (QED) is 0.796. The number of benzene rings is 2. The third kappa shape index (κ3) is 4.22. The van der Waals surface area contributed by atoms with Crippen LogP contribution >= 0.6 is 27.5 Å². The van der Waals surface area contributed by atoms with E-state index in [0.717, 1.165) is 15.9 Å². The zero-order valence-corrected chi connectivity index (χ0v) is 12.8. The molecule has 0 heterocycles. The Morgan fingerprint density at radius 3 is 2.53 bits per heavy atom. The fourth-order valence-electron chi connectivity index (χ4n) is 1.90. The summed E-state index contributed by atoms with van der Waals surface area (Å²) >= 11 is 9.09. The molecule has 2 aromatic rings. The van der Waals surface area contributed by atoms with Crippen LogP contribution in [0.4, 0.5) is 10.1 Å². The van der Waals surface area contributed by atoms with Crippen molar-refractivity contribution in [3.63, 3.8) is 0 Å². The summed E-state index contributed by atoms with van der Waals surface area (Å²) in [6.07, 6.45) is 0.812. The molecular formula is C15H14BrClFN. The Bertz CT molecular complexity index is 557. The average Bonchev–Trinajstić information content (AvgIpc) is 2.36. The van der Waals surface area contributed by atoms with Gasteiger partial charge in [0, 0.05) is 15.5 Å². The molecule has 1 N–H and O–H groups in total. The minimum Gasteiger partial charge on any atom is -0.380 e. The summed E-state index contributed by atoms with van der Waals surface area (Å²) in [5.41, 5.74) is 1.69. The number of nitrogens with one attached hydrogen (secondary N) is 1. The SMILES string of the molecule is CC(Cc1ccc(Cl)cc1)Nc1ccc(Br)cc1F. The molecule has 0 spiro atoms. The molecule has 0 radical (unpaired) electrons. The molecule has 19 heavy (non-hydrogen) atoms. The minimum absolute atomic E-state index is 0.136. The topological polar surface area (TPSA) is 12.0 Å². The molecule has 2 rings (SSSR count). The predicted octanol–water partition coefficient (Wildman–Crippen LogP) is 5.28. The molecule has 4 heteroatoms. The van der Waals surface area contributed by atoms with E-state index in [9.17, 15) is 4.39 Å². The van der Waals surface area contributed by atoms with Crippen LogP contribution in [0.1, 0.15) is 12.5 Å². The zero-order chi connectivity index (χ0) is 13.8. The van der Waals surface area contributed by atoms with Crippen molar-refractivity contribution >= 4 is 33.2 Å². The van der Waals surface area contributed by atoms with E-state index in [1.807, 2.05) is 37.3 Å². The predicted molar refractivity (Wildman–Crippen MR) is 82.3 cm³/mol. The fourth-order valence-corrected chi connectivity index (χ4v) is 2.36. The lowest BCUT2D eigenvalue weighted by Gasteiger charge is -2.16. The molecule has 1 nitrogen and oxygen atoms in total. The van der Waals surface area contributed by atoms with Crippen LogP contribution in [0.15, 0.2) is 46.9 Å². The second kappa shape index (κ2) is 6.40. The summed E-state index contributed by atoms with van der Waals surface area (Å²) in [6.45, 7) is 2.02. The van der Waals surface area contributed by atoms with Crippen molar-refractivity contribution < 1.29 is 4.39 Å². The molecule has 0 aliphatic rings. The van der Waals surface area contributed by atoms with Gasteiger partial charge in [0.1, 0.15) is 5.82 Å². The van der Waals surface area contributed by atoms with Crippen molar-refractivity contribution in [2.45, 2.75) is 19.4 Å². The van der Waals surface area contributed by atoms with E-state index in [0.29, 0.717) is 5.69 Å². The van der Waals surface area contributed by atoms with Gasteiger partial charge in [0.25, 0.3) is 0 Å². The monoisotopic (exact) mass is 341 g/mol. The van der Waals surface area contributed by atoms with Crippen LogP contribution in [0.5, 0.6) is 0 Å². The summed E-state index contributed by atoms with van der Waals surface area (Å²) in [5, 5.41) is 3.90. The molecule has 0 aliphatic heterocycles. The van der Waals surface area contributed by atoms with Crippen LogP contribution in [0.25, 0.3) is 0 Å². The van der Waals surface area contributed by atoms with Gasteiger partial charge in [-0.1, -0.05) is 39.7 Å². The fraction of sp³-hybridized carbons (Fsp3) is 0.200. The molecule has 0 saturated heterocycles. The normalized spacial score (nSPS) is 12.2. The van der Waals surface area contributed by atoms with Gasteiger partial charge in [-0.3, -0.25) is 0 Å². The highest BCUT2D eigenvalue weighted by atomic mass is 79.9. The van der Waals surface area contributed by atoms with E-state index < -0.39 is 0 Å². The van der Waals surface area contributed by atoms with E-state index in [4.69, 9.17) is 11.6 Å². The van der Waals surface area contributed by atoms with E-state index in [1.165, 1.54) is 11.6 Å². The molecular weight excluding hydrogens is 329 g/mol. The molecule has 1 atom stereocenters. The van der Waals surface area contributed by atoms with Crippen molar-refractivity contribution in [3.8, 4) is 0 Å². The van der Waals surface area contributed by atoms with Gasteiger partial charge in [-0.15, -0.1) is 0 Å². The highest BCUT2D eigenvalue weighted by Gasteiger charge is 2.07. The largest absolute Gasteiger partial charge is 0.380 e. The first-order valence-electron chi connectivity index (χ1n) is 6.00. The second-order valence-electron chi connectivity index (χ2n) is 4.50. The van der Waals surface area contributed by atoms with Gasteiger partial charge in [-0.05, 0) is 49.2 Å². The lowest BCUT2D eigenvalue weighted by Crippen LogP contribution is -2.18. The Hall–Kier alpha value is -1.06. The lowest BCUT2D eigenvalue weighted by molar-refractivity contribution is 0.625. The third-order valence-corrected chi connectivity index (χ3v) is 3.53. The summed E-state index contributed by atoms with van der Waals surface area (Å²) < 4.78 is 14.4. The molecule has 0 bridgehead atoms. The minimum atomic E-state index is -0.252. The summed E-state index contributed by atoms with van der Waals surface area (Å²) in [4.78, 5) is 0. The maximum absolute atomic E-state index is 13.7. The first kappa shape index (κ1) is 14.4. The number of hydrogen-bond acceptors (Lipinski definition) is 1. The molecule has 0 aromatic heterocycles. The zero-order valence-electron chi connectivity index (χ0n) is 10.5. The summed E-state index contributed by atoms with van der Waals surface area (Å²) in [7, 11) is 0. The Labute approximate surface area is 125 Å². The van der Waals surface area contributed by atoms with Crippen molar-refractivity contribution in [1.82, 2.24) is 0 Å². The number of rotatable bonds is 4. The molecule has 0 aliphatic carbocycles. The van der Waals surface area contributed by atoms with Crippen molar-refractivity contribution in [2.75, 3.05) is 5.32 Å². The molecule has 0 fully saturated rings.